The van der Waals surface area contributed by atoms with Crippen molar-refractivity contribution in [3.63, 3.8) is 0 Å². The van der Waals surface area contributed by atoms with E-state index in [1.807, 2.05) is 24.3 Å². The molecule has 3 aromatic rings. The van der Waals surface area contributed by atoms with Crippen molar-refractivity contribution in [3.05, 3.63) is 58.8 Å². The zero-order valence-corrected chi connectivity index (χ0v) is 17.0. The maximum absolute atomic E-state index is 13.1. The van der Waals surface area contributed by atoms with E-state index in [0.29, 0.717) is 41.5 Å². The molecule has 0 bridgehead atoms. The average Bonchev–Trinajstić information content (AvgIpc) is 3.43. The third kappa shape index (κ3) is 4.54. The molecule has 0 unspecified atom stereocenters. The first kappa shape index (κ1) is 19.7. The van der Waals surface area contributed by atoms with Crippen LogP contribution < -0.4 is 10.9 Å². The third-order valence-corrected chi connectivity index (χ3v) is 6.00. The van der Waals surface area contributed by atoms with Crippen LogP contribution in [0, 0.1) is 0 Å². The number of benzene rings is 1. The average molecular weight is 413 g/mol. The third-order valence-electron chi connectivity index (χ3n) is 4.91. The number of nitrogens with zero attached hydrogens (tertiary/aromatic N) is 2. The molecule has 1 aromatic carbocycles. The van der Waals surface area contributed by atoms with Gasteiger partial charge in [-0.1, -0.05) is 23.9 Å². The van der Waals surface area contributed by atoms with Crippen LogP contribution in [0.5, 0.6) is 0 Å². The van der Waals surface area contributed by atoms with Crippen LogP contribution in [0.3, 0.4) is 0 Å². The quantitative estimate of drug-likeness (QED) is 0.473. The summed E-state index contributed by atoms with van der Waals surface area (Å²) < 4.78 is 12.6. The van der Waals surface area contributed by atoms with Crippen molar-refractivity contribution < 1.29 is 13.9 Å². The molecule has 2 aromatic heterocycles. The van der Waals surface area contributed by atoms with Gasteiger partial charge < -0.3 is 14.5 Å². The molecule has 0 spiro atoms. The van der Waals surface area contributed by atoms with Crippen molar-refractivity contribution in [2.45, 2.75) is 49.4 Å². The lowest BCUT2D eigenvalue weighted by Gasteiger charge is -2.18. The Kier molecular flexibility index (Phi) is 6.01. The Morgan fingerprint density at radius 3 is 2.97 bits per heavy atom. The predicted molar refractivity (Wildman–Crippen MR) is 111 cm³/mol. The largest absolute Gasteiger partial charge is 0.467 e. The number of rotatable bonds is 7. The lowest BCUT2D eigenvalue weighted by Crippen LogP contribution is -2.32. The highest BCUT2D eigenvalue weighted by Gasteiger charge is 2.23. The monoisotopic (exact) mass is 413 g/mol. The van der Waals surface area contributed by atoms with Crippen LogP contribution in [0.4, 0.5) is 0 Å². The molecular formula is C21H23N3O4S. The fourth-order valence-corrected chi connectivity index (χ4v) is 4.28. The standard InChI is InChI=1S/C21H23N3O4S/c1-14(19(25)22-12-15-6-4-10-27-15)29-21-23-18-9-3-2-8-17(18)20(26)24(21)13-16-7-5-11-28-16/h2-4,6,8-10,14,16H,5,7,11-13H2,1H3,(H,22,25)/t14-,16-/m1/s1. The fourth-order valence-electron chi connectivity index (χ4n) is 3.33. The minimum atomic E-state index is -0.422. The summed E-state index contributed by atoms with van der Waals surface area (Å²) in [5.74, 6) is 0.548. The first-order chi connectivity index (χ1) is 14.1. The Labute approximate surface area is 172 Å². The number of carbonyl (C=O) groups is 1. The molecule has 2 atom stereocenters. The number of nitrogens with one attached hydrogen (secondary N) is 1. The number of fused-ring (bicyclic) bond motifs is 1. The number of amides is 1. The zero-order valence-electron chi connectivity index (χ0n) is 16.2. The number of aromatic nitrogens is 2. The number of hydrogen-bond donors (Lipinski definition) is 1. The number of thioether (sulfide) groups is 1. The Hall–Kier alpha value is -2.58. The van der Waals surface area contributed by atoms with Crippen LogP contribution in [0.25, 0.3) is 10.9 Å². The Morgan fingerprint density at radius 1 is 1.34 bits per heavy atom. The van der Waals surface area contributed by atoms with Gasteiger partial charge in [-0.15, -0.1) is 0 Å². The normalized spacial score (nSPS) is 17.5. The highest BCUT2D eigenvalue weighted by molar-refractivity contribution is 8.00. The van der Waals surface area contributed by atoms with Crippen molar-refractivity contribution in [1.29, 1.82) is 0 Å². The van der Waals surface area contributed by atoms with Gasteiger partial charge in [0.25, 0.3) is 5.56 Å². The minimum absolute atomic E-state index is 0.00176. The van der Waals surface area contributed by atoms with Crippen LogP contribution in [0.15, 0.2) is 57.0 Å². The molecule has 1 saturated heterocycles. The van der Waals surface area contributed by atoms with E-state index < -0.39 is 5.25 Å². The summed E-state index contributed by atoms with van der Waals surface area (Å²) >= 11 is 1.28. The van der Waals surface area contributed by atoms with Gasteiger partial charge in [-0.05, 0) is 44.0 Å². The summed E-state index contributed by atoms with van der Waals surface area (Å²) in [5.41, 5.74) is 0.531. The summed E-state index contributed by atoms with van der Waals surface area (Å²) in [7, 11) is 0. The van der Waals surface area contributed by atoms with Gasteiger partial charge in [-0.25, -0.2) is 4.98 Å². The predicted octanol–water partition coefficient (Wildman–Crippen LogP) is 2.97. The maximum atomic E-state index is 13.1. The molecule has 1 aliphatic rings. The smallest absolute Gasteiger partial charge is 0.262 e. The van der Waals surface area contributed by atoms with E-state index >= 15 is 0 Å². The van der Waals surface area contributed by atoms with Gasteiger partial charge in [0.15, 0.2) is 5.16 Å². The molecule has 1 N–H and O–H groups in total. The number of ether oxygens (including phenoxy) is 1. The SMILES string of the molecule is C[C@@H](Sc1nc2ccccc2c(=O)n1C[C@H]1CCCO1)C(=O)NCc1ccco1. The lowest BCUT2D eigenvalue weighted by atomic mass is 10.2. The van der Waals surface area contributed by atoms with E-state index in [1.54, 1.807) is 29.9 Å². The second-order valence-electron chi connectivity index (χ2n) is 7.02. The zero-order chi connectivity index (χ0) is 20.2. The summed E-state index contributed by atoms with van der Waals surface area (Å²) in [6, 6.07) is 10.9. The summed E-state index contributed by atoms with van der Waals surface area (Å²) in [4.78, 5) is 30.3. The molecule has 1 amide bonds. The molecule has 29 heavy (non-hydrogen) atoms. The van der Waals surface area contributed by atoms with Gasteiger partial charge in [0.2, 0.25) is 5.91 Å². The molecular weight excluding hydrogens is 390 g/mol. The molecule has 0 saturated carbocycles. The second kappa shape index (κ2) is 8.84. The van der Waals surface area contributed by atoms with Crippen molar-refractivity contribution in [2.75, 3.05) is 6.61 Å². The van der Waals surface area contributed by atoms with Gasteiger partial charge in [-0.3, -0.25) is 14.2 Å². The molecule has 4 rings (SSSR count). The molecule has 0 aliphatic carbocycles. The van der Waals surface area contributed by atoms with E-state index in [4.69, 9.17) is 9.15 Å². The minimum Gasteiger partial charge on any atom is -0.467 e. The molecule has 7 nitrogen and oxygen atoms in total. The topological polar surface area (TPSA) is 86.4 Å². The molecule has 3 heterocycles. The van der Waals surface area contributed by atoms with Gasteiger partial charge in [0.05, 0.1) is 41.6 Å². The second-order valence-corrected chi connectivity index (χ2v) is 8.33. The van der Waals surface area contributed by atoms with E-state index in [2.05, 4.69) is 10.3 Å². The molecule has 0 radical (unpaired) electrons. The van der Waals surface area contributed by atoms with Crippen LogP contribution in [0.2, 0.25) is 0 Å². The molecule has 152 valence electrons. The van der Waals surface area contributed by atoms with Crippen LogP contribution >= 0.6 is 11.8 Å². The highest BCUT2D eigenvalue weighted by Crippen LogP contribution is 2.24. The van der Waals surface area contributed by atoms with Crippen LogP contribution in [-0.4, -0.2) is 33.4 Å². The number of carbonyl (C=O) groups excluding carboxylic acids is 1. The van der Waals surface area contributed by atoms with Crippen molar-refractivity contribution >= 4 is 28.6 Å². The molecule has 1 aliphatic heterocycles. The van der Waals surface area contributed by atoms with Crippen molar-refractivity contribution in [2.24, 2.45) is 0 Å². The number of hydrogen-bond acceptors (Lipinski definition) is 6. The van der Waals surface area contributed by atoms with Crippen molar-refractivity contribution in [3.8, 4) is 0 Å². The number of para-hydroxylation sites is 1. The molecule has 8 heteroatoms. The fraction of sp³-hybridized carbons (Fsp3) is 0.381. The summed E-state index contributed by atoms with van der Waals surface area (Å²) in [5, 5.41) is 3.54. The Balaban J connectivity index is 1.57. The highest BCUT2D eigenvalue weighted by atomic mass is 32.2. The Morgan fingerprint density at radius 2 is 2.21 bits per heavy atom. The number of furan rings is 1. The van der Waals surface area contributed by atoms with E-state index in [1.165, 1.54) is 11.8 Å². The van der Waals surface area contributed by atoms with Gasteiger partial charge in [0.1, 0.15) is 5.76 Å². The first-order valence-electron chi connectivity index (χ1n) is 9.70. The van der Waals surface area contributed by atoms with E-state index in [0.717, 1.165) is 12.8 Å². The van der Waals surface area contributed by atoms with E-state index in [9.17, 15) is 9.59 Å². The van der Waals surface area contributed by atoms with Gasteiger partial charge >= 0.3 is 0 Å². The van der Waals surface area contributed by atoms with Crippen molar-refractivity contribution in [1.82, 2.24) is 14.9 Å². The maximum Gasteiger partial charge on any atom is 0.262 e. The van der Waals surface area contributed by atoms with E-state index in [-0.39, 0.29) is 17.6 Å². The van der Waals surface area contributed by atoms with Gasteiger partial charge in [0, 0.05) is 6.61 Å². The van der Waals surface area contributed by atoms with Gasteiger partial charge in [-0.2, -0.15) is 0 Å². The van der Waals surface area contributed by atoms with Crippen LogP contribution in [-0.2, 0) is 22.6 Å². The first-order valence-corrected chi connectivity index (χ1v) is 10.6. The molecule has 1 fully saturated rings. The summed E-state index contributed by atoms with van der Waals surface area (Å²) in [6.07, 6.45) is 3.48. The lowest BCUT2D eigenvalue weighted by molar-refractivity contribution is -0.120. The Bertz CT molecular complexity index is 1040. The summed E-state index contributed by atoms with van der Waals surface area (Å²) in [6.45, 7) is 3.29. The van der Waals surface area contributed by atoms with Crippen LogP contribution in [0.1, 0.15) is 25.5 Å².